The molecule has 3 rings (SSSR count). The quantitative estimate of drug-likeness (QED) is 0.629. The Kier molecular flexibility index (Phi) is 4.75. The lowest BCUT2D eigenvalue weighted by Crippen LogP contribution is -2.38. The highest BCUT2D eigenvalue weighted by molar-refractivity contribution is 6.00. The summed E-state index contributed by atoms with van der Waals surface area (Å²) in [4.78, 5) is 24.1. The molecule has 1 aliphatic carbocycles. The van der Waals surface area contributed by atoms with E-state index in [-0.39, 0.29) is 40.2 Å². The number of ketones is 1. The van der Waals surface area contributed by atoms with Crippen LogP contribution in [0.3, 0.4) is 0 Å². The van der Waals surface area contributed by atoms with Crippen LogP contribution in [0.5, 0.6) is 5.75 Å². The topological polar surface area (TPSA) is 81.5 Å². The first-order chi connectivity index (χ1) is 12.6. The van der Waals surface area contributed by atoms with Crippen LogP contribution in [-0.2, 0) is 4.79 Å². The Balaban J connectivity index is 2.22. The molecule has 1 N–H and O–H groups in total. The minimum Gasteiger partial charge on any atom is -0.435 e. The highest BCUT2D eigenvalue weighted by Crippen LogP contribution is 2.48. The molecule has 6 nitrogen and oxygen atoms in total. The molecule has 1 aromatic carbocycles. The normalized spacial score (nSPS) is 21.9. The molecule has 0 aromatic heterocycles. The van der Waals surface area contributed by atoms with Gasteiger partial charge in [0.2, 0.25) is 0 Å². The van der Waals surface area contributed by atoms with E-state index in [2.05, 4.69) is 10.1 Å². The second-order valence-electron chi connectivity index (χ2n) is 7.57. The zero-order valence-electron chi connectivity index (χ0n) is 15.2. The number of rotatable bonds is 4. The lowest BCUT2D eigenvalue weighted by Gasteiger charge is -2.37. The van der Waals surface area contributed by atoms with Crippen LogP contribution in [-0.4, -0.2) is 17.3 Å². The van der Waals surface area contributed by atoms with E-state index in [4.69, 9.17) is 0 Å². The van der Waals surface area contributed by atoms with Crippen LogP contribution in [0.15, 0.2) is 46.9 Å². The molecule has 0 saturated carbocycles. The Morgan fingerprint density at radius 3 is 2.59 bits per heavy atom. The molecule has 0 saturated heterocycles. The van der Waals surface area contributed by atoms with Crippen molar-refractivity contribution in [3.05, 3.63) is 62.6 Å². The maximum Gasteiger partial charge on any atom is 0.387 e. The summed E-state index contributed by atoms with van der Waals surface area (Å²) in [6.07, 6.45) is 0.761. The van der Waals surface area contributed by atoms with E-state index in [0.29, 0.717) is 17.8 Å². The largest absolute Gasteiger partial charge is 0.435 e. The Hall–Kier alpha value is -2.77. The molecule has 27 heavy (non-hydrogen) atoms. The maximum absolute atomic E-state index is 12.9. The fourth-order valence-corrected chi connectivity index (χ4v) is 3.89. The van der Waals surface area contributed by atoms with Gasteiger partial charge in [0.25, 0.3) is 5.70 Å². The number of nitro groups is 1. The minimum absolute atomic E-state index is 0.170. The summed E-state index contributed by atoms with van der Waals surface area (Å²) >= 11 is 0. The average molecular weight is 378 g/mol. The van der Waals surface area contributed by atoms with Gasteiger partial charge in [-0.3, -0.25) is 14.9 Å². The lowest BCUT2D eigenvalue weighted by molar-refractivity contribution is -0.431. The summed E-state index contributed by atoms with van der Waals surface area (Å²) in [5.74, 6) is -1.46. The molecule has 8 heteroatoms. The van der Waals surface area contributed by atoms with Gasteiger partial charge in [0, 0.05) is 23.3 Å². The lowest BCUT2D eigenvalue weighted by atomic mass is 9.69. The number of ether oxygens (including phenoxy) is 1. The number of alkyl halides is 2. The third kappa shape index (κ3) is 3.56. The zero-order chi connectivity index (χ0) is 19.9. The van der Waals surface area contributed by atoms with E-state index in [0.717, 1.165) is 0 Å². The predicted molar refractivity (Wildman–Crippen MR) is 93.7 cm³/mol. The second-order valence-corrected chi connectivity index (χ2v) is 7.57. The van der Waals surface area contributed by atoms with Crippen LogP contribution in [0, 0.1) is 15.5 Å². The van der Waals surface area contributed by atoms with Crippen LogP contribution < -0.4 is 10.1 Å². The van der Waals surface area contributed by atoms with Gasteiger partial charge < -0.3 is 10.1 Å². The molecule has 0 radical (unpaired) electrons. The summed E-state index contributed by atoms with van der Waals surface area (Å²) in [5.41, 5.74) is 0.825. The van der Waals surface area contributed by atoms with Gasteiger partial charge in [-0.2, -0.15) is 8.78 Å². The van der Waals surface area contributed by atoms with Crippen molar-refractivity contribution in [2.24, 2.45) is 5.41 Å². The van der Waals surface area contributed by atoms with Crippen molar-refractivity contribution in [1.82, 2.24) is 5.32 Å². The van der Waals surface area contributed by atoms with Crippen molar-refractivity contribution in [2.75, 3.05) is 0 Å². The zero-order valence-corrected chi connectivity index (χ0v) is 15.2. The molecule has 0 fully saturated rings. The van der Waals surface area contributed by atoms with Crippen molar-refractivity contribution in [2.45, 2.75) is 46.1 Å². The number of nitrogens with zero attached hydrogens (tertiary/aromatic N) is 1. The van der Waals surface area contributed by atoms with Gasteiger partial charge >= 0.3 is 6.61 Å². The number of dihydropyridines is 1. The molecule has 1 atom stereocenters. The summed E-state index contributed by atoms with van der Waals surface area (Å²) in [6, 6.07) is 5.90. The van der Waals surface area contributed by atoms with Crippen LogP contribution in [0.1, 0.15) is 45.1 Å². The van der Waals surface area contributed by atoms with Crippen molar-refractivity contribution >= 4 is 5.78 Å². The number of benzene rings is 1. The van der Waals surface area contributed by atoms with Gasteiger partial charge in [-0.1, -0.05) is 32.0 Å². The summed E-state index contributed by atoms with van der Waals surface area (Å²) in [5, 5.41) is 14.8. The first-order valence-corrected chi connectivity index (χ1v) is 8.53. The van der Waals surface area contributed by atoms with Crippen LogP contribution in [0.4, 0.5) is 8.78 Å². The first-order valence-electron chi connectivity index (χ1n) is 8.53. The van der Waals surface area contributed by atoms with E-state index >= 15 is 0 Å². The maximum atomic E-state index is 12.9. The van der Waals surface area contributed by atoms with Crippen molar-refractivity contribution < 1.29 is 23.2 Å². The van der Waals surface area contributed by atoms with E-state index < -0.39 is 17.5 Å². The highest BCUT2D eigenvalue weighted by atomic mass is 19.3. The molecular formula is C19H20F2N2O4. The Labute approximate surface area is 155 Å². The van der Waals surface area contributed by atoms with Gasteiger partial charge in [0.15, 0.2) is 5.78 Å². The fourth-order valence-electron chi connectivity index (χ4n) is 3.89. The second kappa shape index (κ2) is 6.75. The fraction of sp³-hybridized carbons (Fsp3) is 0.421. The van der Waals surface area contributed by atoms with E-state index in [1.807, 2.05) is 13.8 Å². The Morgan fingerprint density at radius 1 is 1.30 bits per heavy atom. The van der Waals surface area contributed by atoms with Gasteiger partial charge in [-0.05, 0) is 24.8 Å². The van der Waals surface area contributed by atoms with Crippen LogP contribution in [0.25, 0.3) is 0 Å². The molecule has 0 amide bonds. The number of allylic oxidation sites excluding steroid dienone is 3. The van der Waals surface area contributed by atoms with Gasteiger partial charge in [0.05, 0.1) is 10.6 Å². The van der Waals surface area contributed by atoms with Gasteiger partial charge in [0.1, 0.15) is 11.7 Å². The van der Waals surface area contributed by atoms with Crippen molar-refractivity contribution in [1.29, 1.82) is 0 Å². The minimum atomic E-state index is -3.08. The van der Waals surface area contributed by atoms with Crippen LogP contribution >= 0.6 is 0 Å². The number of hydrogen-bond donors (Lipinski definition) is 1. The molecule has 2 aliphatic rings. The monoisotopic (exact) mass is 378 g/mol. The number of carbonyl (C=O) groups is 1. The average Bonchev–Trinajstić information content (AvgIpc) is 2.51. The number of nitrogens with one attached hydrogen (secondary N) is 1. The SMILES string of the molecule is CC1=C([N+](=O)[O-])[C@@H](c2ccccc2OC(F)F)C2=C(CC(C)(C)CC2=O)N1. The van der Waals surface area contributed by atoms with E-state index in [1.165, 1.54) is 18.2 Å². The summed E-state index contributed by atoms with van der Waals surface area (Å²) in [7, 11) is 0. The number of para-hydroxylation sites is 1. The van der Waals surface area contributed by atoms with Crippen molar-refractivity contribution in [3.63, 3.8) is 0 Å². The third-order valence-corrected chi connectivity index (χ3v) is 4.85. The standard InChI is InChI=1S/C19H20F2N2O4/c1-10-17(23(25)26)15(11-6-4-5-7-14(11)27-18(20)21)16-12(22-10)8-19(2,3)9-13(16)24/h4-7,15,18,22H,8-9H2,1-3H3/t15-/m0/s1. The molecule has 1 aliphatic heterocycles. The molecule has 0 spiro atoms. The summed E-state index contributed by atoms with van der Waals surface area (Å²) < 4.78 is 30.3. The number of Topliss-reactive ketones (excluding diaryl/α,β-unsaturated/α-hetero) is 1. The van der Waals surface area contributed by atoms with Crippen LogP contribution in [0.2, 0.25) is 0 Å². The molecule has 1 aromatic rings. The predicted octanol–water partition coefficient (Wildman–Crippen LogP) is 4.13. The number of halogens is 2. The first kappa shape index (κ1) is 19.0. The van der Waals surface area contributed by atoms with Gasteiger partial charge in [-0.15, -0.1) is 0 Å². The molecule has 1 heterocycles. The molecule has 0 bridgehead atoms. The van der Waals surface area contributed by atoms with Gasteiger partial charge in [-0.25, -0.2) is 0 Å². The summed E-state index contributed by atoms with van der Waals surface area (Å²) in [6.45, 7) is 2.37. The van der Waals surface area contributed by atoms with E-state index in [1.54, 1.807) is 13.0 Å². The Bertz CT molecular complexity index is 874. The third-order valence-electron chi connectivity index (χ3n) is 4.85. The van der Waals surface area contributed by atoms with Crippen molar-refractivity contribution in [3.8, 4) is 5.75 Å². The number of carbonyl (C=O) groups excluding carboxylic acids is 1. The highest BCUT2D eigenvalue weighted by Gasteiger charge is 2.46. The molecule has 0 unspecified atom stereocenters. The van der Waals surface area contributed by atoms with E-state index in [9.17, 15) is 23.7 Å². The Morgan fingerprint density at radius 2 is 1.96 bits per heavy atom. The number of hydrogen-bond acceptors (Lipinski definition) is 5. The molecule has 144 valence electrons. The smallest absolute Gasteiger partial charge is 0.387 e. The molecular weight excluding hydrogens is 358 g/mol.